The number of rotatable bonds is 7. The van der Waals surface area contributed by atoms with Crippen molar-refractivity contribution in [2.24, 2.45) is 5.73 Å². The number of methoxy groups -OCH3 is 1. The van der Waals surface area contributed by atoms with Crippen LogP contribution in [0.1, 0.15) is 22.3 Å². The van der Waals surface area contributed by atoms with E-state index in [1.807, 2.05) is 31.3 Å². The van der Waals surface area contributed by atoms with Gasteiger partial charge in [-0.15, -0.1) is 0 Å². The number of benzene rings is 1. The molecule has 1 aromatic carbocycles. The zero-order valence-corrected chi connectivity index (χ0v) is 11.2. The van der Waals surface area contributed by atoms with Gasteiger partial charge in [0.05, 0.1) is 0 Å². The fourth-order valence-corrected chi connectivity index (χ4v) is 1.86. The van der Waals surface area contributed by atoms with Gasteiger partial charge in [0.2, 0.25) is 0 Å². The Kier molecular flexibility index (Phi) is 6.39. The van der Waals surface area contributed by atoms with Gasteiger partial charge in [0.25, 0.3) is 5.91 Å². The summed E-state index contributed by atoms with van der Waals surface area (Å²) >= 11 is 0. The first kappa shape index (κ1) is 14.7. The van der Waals surface area contributed by atoms with E-state index in [-0.39, 0.29) is 5.91 Å². The lowest BCUT2D eigenvalue weighted by atomic mass is 10.0. The van der Waals surface area contributed by atoms with Crippen molar-refractivity contribution in [1.82, 2.24) is 4.90 Å². The van der Waals surface area contributed by atoms with Crippen LogP contribution in [0.5, 0.6) is 0 Å². The second kappa shape index (κ2) is 7.84. The van der Waals surface area contributed by atoms with Crippen LogP contribution in [0.2, 0.25) is 0 Å². The largest absolute Gasteiger partial charge is 0.385 e. The molecule has 0 atom stereocenters. The molecule has 2 N–H and O–H groups in total. The van der Waals surface area contributed by atoms with Gasteiger partial charge in [0, 0.05) is 32.9 Å². The molecule has 0 heterocycles. The predicted molar refractivity (Wildman–Crippen MR) is 72.7 cm³/mol. The van der Waals surface area contributed by atoms with E-state index in [1.54, 1.807) is 12.0 Å². The minimum atomic E-state index is 0.0511. The summed E-state index contributed by atoms with van der Waals surface area (Å²) in [5, 5.41) is 0. The molecule has 4 heteroatoms. The van der Waals surface area contributed by atoms with E-state index in [2.05, 4.69) is 0 Å². The van der Waals surface area contributed by atoms with Crippen molar-refractivity contribution in [3.63, 3.8) is 0 Å². The molecule has 0 fully saturated rings. The molecule has 0 aliphatic rings. The molecule has 1 amide bonds. The summed E-state index contributed by atoms with van der Waals surface area (Å²) in [6.45, 7) is 1.92. The maximum absolute atomic E-state index is 12.3. The number of nitrogens with zero attached hydrogens (tertiary/aromatic N) is 1. The molecule has 0 aliphatic heterocycles. The van der Waals surface area contributed by atoms with Crippen molar-refractivity contribution in [3.8, 4) is 0 Å². The van der Waals surface area contributed by atoms with Crippen molar-refractivity contribution in [3.05, 3.63) is 35.4 Å². The maximum Gasteiger partial charge on any atom is 0.253 e. The molecule has 4 nitrogen and oxygen atoms in total. The fraction of sp³-hybridized carbons (Fsp3) is 0.500. The third-order valence-corrected chi connectivity index (χ3v) is 2.85. The van der Waals surface area contributed by atoms with Crippen LogP contribution in [-0.2, 0) is 11.2 Å². The van der Waals surface area contributed by atoms with Gasteiger partial charge in [-0.05, 0) is 31.0 Å². The van der Waals surface area contributed by atoms with Gasteiger partial charge in [-0.25, -0.2) is 0 Å². The van der Waals surface area contributed by atoms with Crippen molar-refractivity contribution in [2.45, 2.75) is 12.8 Å². The quantitative estimate of drug-likeness (QED) is 0.742. The number of amides is 1. The number of carbonyl (C=O) groups is 1. The minimum Gasteiger partial charge on any atom is -0.385 e. The molecule has 0 spiro atoms. The summed E-state index contributed by atoms with van der Waals surface area (Å²) in [6, 6.07) is 7.65. The second-order valence-corrected chi connectivity index (χ2v) is 4.27. The van der Waals surface area contributed by atoms with E-state index in [0.29, 0.717) is 19.7 Å². The molecule has 0 aliphatic carbocycles. The molecule has 0 bridgehead atoms. The minimum absolute atomic E-state index is 0.0511. The summed E-state index contributed by atoms with van der Waals surface area (Å²) in [5.41, 5.74) is 7.33. The number of nitrogens with two attached hydrogens (primary N) is 1. The highest BCUT2D eigenvalue weighted by Gasteiger charge is 2.14. The maximum atomic E-state index is 12.3. The van der Waals surface area contributed by atoms with Gasteiger partial charge in [-0.2, -0.15) is 0 Å². The Hall–Kier alpha value is -1.39. The Bertz CT molecular complexity index is 380. The van der Waals surface area contributed by atoms with E-state index in [1.165, 1.54) is 0 Å². The van der Waals surface area contributed by atoms with E-state index in [9.17, 15) is 4.79 Å². The Morgan fingerprint density at radius 3 is 2.78 bits per heavy atom. The first-order chi connectivity index (χ1) is 8.70. The molecule has 18 heavy (non-hydrogen) atoms. The highest BCUT2D eigenvalue weighted by molar-refractivity contribution is 5.95. The van der Waals surface area contributed by atoms with Gasteiger partial charge >= 0.3 is 0 Å². The van der Waals surface area contributed by atoms with Gasteiger partial charge in [-0.3, -0.25) is 4.79 Å². The molecule has 0 radical (unpaired) electrons. The van der Waals surface area contributed by atoms with Crippen LogP contribution in [0.4, 0.5) is 0 Å². The summed E-state index contributed by atoms with van der Waals surface area (Å²) < 4.78 is 4.99. The number of hydrogen-bond donors (Lipinski definition) is 1. The van der Waals surface area contributed by atoms with E-state index < -0.39 is 0 Å². The van der Waals surface area contributed by atoms with Gasteiger partial charge in [-0.1, -0.05) is 18.2 Å². The van der Waals surface area contributed by atoms with Crippen LogP contribution < -0.4 is 5.73 Å². The molecular formula is C14H22N2O2. The van der Waals surface area contributed by atoms with E-state index >= 15 is 0 Å². The van der Waals surface area contributed by atoms with Crippen LogP contribution in [0, 0.1) is 0 Å². The van der Waals surface area contributed by atoms with Gasteiger partial charge in [0.15, 0.2) is 0 Å². The Morgan fingerprint density at radius 1 is 1.39 bits per heavy atom. The second-order valence-electron chi connectivity index (χ2n) is 4.27. The summed E-state index contributed by atoms with van der Waals surface area (Å²) in [5.74, 6) is 0.0511. The van der Waals surface area contributed by atoms with Crippen molar-refractivity contribution in [1.29, 1.82) is 0 Å². The van der Waals surface area contributed by atoms with Gasteiger partial charge in [0.1, 0.15) is 0 Å². The van der Waals surface area contributed by atoms with Crippen LogP contribution in [-0.4, -0.2) is 44.7 Å². The molecule has 0 unspecified atom stereocenters. The van der Waals surface area contributed by atoms with Crippen LogP contribution in [0.15, 0.2) is 24.3 Å². The van der Waals surface area contributed by atoms with E-state index in [0.717, 1.165) is 24.0 Å². The molecule has 100 valence electrons. The lowest BCUT2D eigenvalue weighted by molar-refractivity contribution is 0.0778. The zero-order chi connectivity index (χ0) is 13.4. The van der Waals surface area contributed by atoms with Crippen molar-refractivity contribution >= 4 is 5.91 Å². The summed E-state index contributed by atoms with van der Waals surface area (Å²) in [6.07, 6.45) is 1.58. The standard InChI is InChI=1S/C14H22N2O2/c1-16(10-5-11-18-2)14(17)13-7-4-3-6-12(13)8-9-15/h3-4,6-7H,5,8-11,15H2,1-2H3. The molecular weight excluding hydrogens is 228 g/mol. The number of hydrogen-bond acceptors (Lipinski definition) is 3. The summed E-state index contributed by atoms with van der Waals surface area (Å²) in [4.78, 5) is 14.0. The molecule has 0 aromatic heterocycles. The zero-order valence-electron chi connectivity index (χ0n) is 11.2. The van der Waals surface area contributed by atoms with Crippen LogP contribution in [0.25, 0.3) is 0 Å². The Morgan fingerprint density at radius 2 is 2.11 bits per heavy atom. The third-order valence-electron chi connectivity index (χ3n) is 2.85. The average molecular weight is 250 g/mol. The first-order valence-corrected chi connectivity index (χ1v) is 6.23. The molecule has 1 rings (SSSR count). The smallest absolute Gasteiger partial charge is 0.253 e. The molecule has 0 saturated heterocycles. The predicted octanol–water partition coefficient (Wildman–Crippen LogP) is 1.30. The lowest BCUT2D eigenvalue weighted by Gasteiger charge is -2.18. The molecule has 1 aromatic rings. The SMILES string of the molecule is COCCCN(C)C(=O)c1ccccc1CCN. The highest BCUT2D eigenvalue weighted by atomic mass is 16.5. The van der Waals surface area contributed by atoms with Gasteiger partial charge < -0.3 is 15.4 Å². The highest BCUT2D eigenvalue weighted by Crippen LogP contribution is 2.11. The monoisotopic (exact) mass is 250 g/mol. The molecule has 0 saturated carbocycles. The number of carbonyl (C=O) groups excluding carboxylic acids is 1. The third kappa shape index (κ3) is 4.13. The van der Waals surface area contributed by atoms with E-state index in [4.69, 9.17) is 10.5 Å². The van der Waals surface area contributed by atoms with Crippen molar-refractivity contribution in [2.75, 3.05) is 33.9 Å². The van der Waals surface area contributed by atoms with Crippen LogP contribution in [0.3, 0.4) is 0 Å². The van der Waals surface area contributed by atoms with Crippen molar-refractivity contribution < 1.29 is 9.53 Å². The Balaban J connectivity index is 2.70. The average Bonchev–Trinajstić information content (AvgIpc) is 2.39. The van der Waals surface area contributed by atoms with Crippen LogP contribution >= 0.6 is 0 Å². The summed E-state index contributed by atoms with van der Waals surface area (Å²) in [7, 11) is 3.48. The first-order valence-electron chi connectivity index (χ1n) is 6.23. The lowest BCUT2D eigenvalue weighted by Crippen LogP contribution is -2.29. The normalized spacial score (nSPS) is 10.4. The Labute approximate surface area is 109 Å². The number of ether oxygens (including phenoxy) is 1. The fourth-order valence-electron chi connectivity index (χ4n) is 1.86. The topological polar surface area (TPSA) is 55.6 Å².